The number of hydrogen-bond acceptors (Lipinski definition) is 4. The van der Waals surface area contributed by atoms with Crippen molar-refractivity contribution >= 4 is 22.4 Å². The van der Waals surface area contributed by atoms with Crippen LogP contribution in [0.2, 0.25) is 0 Å². The van der Waals surface area contributed by atoms with Gasteiger partial charge in [-0.05, 0) is 26.0 Å². The van der Waals surface area contributed by atoms with E-state index in [4.69, 9.17) is 0 Å². The Hall–Kier alpha value is -2.02. The number of amides is 1. The van der Waals surface area contributed by atoms with Gasteiger partial charge in [0.15, 0.2) is 0 Å². The van der Waals surface area contributed by atoms with Crippen LogP contribution in [0.25, 0.3) is 0 Å². The number of rotatable bonds is 5. The predicted molar refractivity (Wildman–Crippen MR) is 81.4 cm³/mol. The largest absolute Gasteiger partial charge is 0.308 e. The van der Waals surface area contributed by atoms with Crippen LogP contribution in [-0.4, -0.2) is 37.2 Å². The van der Waals surface area contributed by atoms with Gasteiger partial charge in [-0.25, -0.2) is 0 Å². The van der Waals surface area contributed by atoms with Crippen molar-refractivity contribution in [1.29, 1.82) is 0 Å². The Balaban J connectivity index is 2.24. The van der Waals surface area contributed by atoms with Gasteiger partial charge < -0.3 is 4.90 Å². The molecule has 0 spiro atoms. The molecule has 1 aromatic heterocycles. The number of benzene rings is 1. The molecule has 0 fully saturated rings. The highest BCUT2D eigenvalue weighted by Gasteiger charge is 2.21. The Bertz CT molecular complexity index is 639. The Kier molecular flexibility index (Phi) is 4.85. The van der Waals surface area contributed by atoms with E-state index >= 15 is 0 Å². The molecule has 0 aliphatic rings. The minimum atomic E-state index is -1.28. The smallest absolute Gasteiger partial charge is 0.247 e. The molecule has 1 atom stereocenters. The second-order valence-corrected chi connectivity index (χ2v) is 6.16. The Morgan fingerprint density at radius 2 is 2.00 bits per heavy atom. The molecule has 0 N–H and O–H groups in total. The van der Waals surface area contributed by atoms with Crippen LogP contribution >= 0.6 is 0 Å². The topological polar surface area (TPSA) is 68.1 Å². The average Bonchev–Trinajstić information content (AvgIpc) is 2.88. The van der Waals surface area contributed by atoms with Gasteiger partial charge in [-0.2, -0.15) is 0 Å². The van der Waals surface area contributed by atoms with Gasteiger partial charge in [-0.15, -0.1) is 10.2 Å². The zero-order chi connectivity index (χ0) is 15.4. The first-order chi connectivity index (χ1) is 10.0. The van der Waals surface area contributed by atoms with Gasteiger partial charge in [0.2, 0.25) is 11.1 Å². The Labute approximate surface area is 126 Å². The molecule has 0 saturated heterocycles. The summed E-state index contributed by atoms with van der Waals surface area (Å²) in [6.45, 7) is 3.97. The molecule has 0 radical (unpaired) electrons. The highest BCUT2D eigenvalue weighted by atomic mass is 32.2. The van der Waals surface area contributed by atoms with Gasteiger partial charge in [-0.3, -0.25) is 13.6 Å². The summed E-state index contributed by atoms with van der Waals surface area (Å²) < 4.78 is 13.1. The van der Waals surface area contributed by atoms with E-state index in [0.717, 1.165) is 5.69 Å². The van der Waals surface area contributed by atoms with Crippen LogP contribution < -0.4 is 4.90 Å². The molecule has 1 heterocycles. The van der Waals surface area contributed by atoms with Crippen molar-refractivity contribution in [2.24, 2.45) is 0 Å². The lowest BCUT2D eigenvalue weighted by molar-refractivity contribution is -0.119. The first kappa shape index (κ1) is 15.4. The summed E-state index contributed by atoms with van der Waals surface area (Å²) >= 11 is 0. The monoisotopic (exact) mass is 306 g/mol. The zero-order valence-corrected chi connectivity index (χ0v) is 13.1. The summed E-state index contributed by atoms with van der Waals surface area (Å²) in [5.41, 5.74) is 0.838. The minimum absolute atomic E-state index is 0.0203. The van der Waals surface area contributed by atoms with Crippen LogP contribution in [0.1, 0.15) is 13.8 Å². The van der Waals surface area contributed by atoms with Gasteiger partial charge >= 0.3 is 0 Å². The van der Waals surface area contributed by atoms with Crippen molar-refractivity contribution < 1.29 is 9.00 Å². The normalized spacial score (nSPS) is 12.4. The van der Waals surface area contributed by atoms with Gasteiger partial charge in [0.05, 0.1) is 10.8 Å². The van der Waals surface area contributed by atoms with Crippen LogP contribution in [0.4, 0.5) is 5.69 Å². The average molecular weight is 306 g/mol. The van der Waals surface area contributed by atoms with Crippen molar-refractivity contribution in [1.82, 2.24) is 14.8 Å². The van der Waals surface area contributed by atoms with E-state index in [9.17, 15) is 9.00 Å². The lowest BCUT2D eigenvalue weighted by Gasteiger charge is -2.27. The van der Waals surface area contributed by atoms with Gasteiger partial charge in [-0.1, -0.05) is 18.2 Å². The van der Waals surface area contributed by atoms with Crippen molar-refractivity contribution in [3.63, 3.8) is 0 Å². The summed E-state index contributed by atoms with van der Waals surface area (Å²) in [5.74, 6) is -0.0947. The molecule has 0 saturated carbocycles. The molecule has 0 bridgehead atoms. The van der Waals surface area contributed by atoms with E-state index in [1.807, 2.05) is 44.2 Å². The van der Waals surface area contributed by atoms with Crippen LogP contribution in [0, 0.1) is 0 Å². The molecule has 2 rings (SSSR count). The predicted octanol–water partition coefficient (Wildman–Crippen LogP) is 1.46. The van der Waals surface area contributed by atoms with Crippen LogP contribution in [0.5, 0.6) is 0 Å². The number of nitrogens with zero attached hydrogens (tertiary/aromatic N) is 4. The van der Waals surface area contributed by atoms with Crippen LogP contribution in [-0.2, 0) is 22.1 Å². The van der Waals surface area contributed by atoms with Gasteiger partial charge in [0, 0.05) is 18.0 Å². The van der Waals surface area contributed by atoms with E-state index in [1.165, 1.54) is 17.2 Å². The van der Waals surface area contributed by atoms with E-state index in [0.29, 0.717) is 5.16 Å². The first-order valence-electron chi connectivity index (χ1n) is 6.59. The highest BCUT2D eigenvalue weighted by molar-refractivity contribution is 7.84. The molecule has 112 valence electrons. The molecule has 0 unspecified atom stereocenters. The lowest BCUT2D eigenvalue weighted by Crippen LogP contribution is -2.39. The molecule has 1 amide bonds. The number of para-hydroxylation sites is 1. The number of hydrogen-bond donors (Lipinski definition) is 0. The molecule has 0 aliphatic carbocycles. The minimum Gasteiger partial charge on any atom is -0.308 e. The van der Waals surface area contributed by atoms with Crippen LogP contribution in [0.3, 0.4) is 0 Å². The van der Waals surface area contributed by atoms with Crippen molar-refractivity contribution in [2.75, 3.05) is 11.2 Å². The second kappa shape index (κ2) is 6.62. The fourth-order valence-electron chi connectivity index (χ4n) is 2.12. The summed E-state index contributed by atoms with van der Waals surface area (Å²) in [4.78, 5) is 14.3. The standard InChI is InChI=1S/C14H18N4O2S/c1-11(2)18(12-7-5-4-6-8-12)13(19)9-17-10-15-16-14(17)21(3)20/h4-8,10-11H,9H2,1-3H3/t21-/m1/s1. The summed E-state index contributed by atoms with van der Waals surface area (Å²) in [7, 11) is -1.28. The van der Waals surface area contributed by atoms with Crippen molar-refractivity contribution in [3.8, 4) is 0 Å². The molecule has 7 heteroatoms. The molecule has 6 nitrogen and oxygen atoms in total. The molecular weight excluding hydrogens is 288 g/mol. The Morgan fingerprint density at radius 3 is 2.57 bits per heavy atom. The fourth-order valence-corrected chi connectivity index (χ4v) is 2.72. The lowest BCUT2D eigenvalue weighted by atomic mass is 10.2. The molecule has 21 heavy (non-hydrogen) atoms. The van der Waals surface area contributed by atoms with E-state index in [1.54, 1.807) is 4.90 Å². The van der Waals surface area contributed by atoms with E-state index in [-0.39, 0.29) is 18.5 Å². The number of aromatic nitrogens is 3. The SMILES string of the molecule is CC(C)N(C(=O)Cn1cnnc1[S@@](C)=O)c1ccccc1. The summed E-state index contributed by atoms with van der Waals surface area (Å²) in [5, 5.41) is 7.82. The third-order valence-corrected chi connectivity index (χ3v) is 3.79. The molecular formula is C14H18N4O2S. The van der Waals surface area contributed by atoms with Crippen molar-refractivity contribution in [2.45, 2.75) is 31.6 Å². The van der Waals surface area contributed by atoms with Crippen molar-refractivity contribution in [3.05, 3.63) is 36.7 Å². The van der Waals surface area contributed by atoms with Gasteiger partial charge in [0.1, 0.15) is 12.9 Å². The second-order valence-electron chi connectivity index (χ2n) is 4.89. The van der Waals surface area contributed by atoms with E-state index < -0.39 is 10.8 Å². The Morgan fingerprint density at radius 1 is 1.33 bits per heavy atom. The third kappa shape index (κ3) is 3.55. The summed E-state index contributed by atoms with van der Waals surface area (Å²) in [6, 6.07) is 9.50. The molecule has 0 aliphatic heterocycles. The number of carbonyl (C=O) groups excluding carboxylic acids is 1. The fraction of sp³-hybridized carbons (Fsp3) is 0.357. The first-order valence-corrected chi connectivity index (χ1v) is 8.15. The van der Waals surface area contributed by atoms with E-state index in [2.05, 4.69) is 10.2 Å². The highest BCUT2D eigenvalue weighted by Crippen LogP contribution is 2.17. The molecule has 2 aromatic rings. The molecule has 1 aromatic carbocycles. The zero-order valence-electron chi connectivity index (χ0n) is 12.3. The maximum absolute atomic E-state index is 12.6. The summed E-state index contributed by atoms with van der Waals surface area (Å²) in [6.07, 6.45) is 2.94. The number of carbonyl (C=O) groups is 1. The van der Waals surface area contributed by atoms with Gasteiger partial charge in [0.25, 0.3) is 0 Å². The van der Waals surface area contributed by atoms with Crippen LogP contribution in [0.15, 0.2) is 41.8 Å². The number of anilines is 1. The third-order valence-electron chi connectivity index (χ3n) is 2.96. The maximum atomic E-state index is 12.6. The maximum Gasteiger partial charge on any atom is 0.247 e. The quantitative estimate of drug-likeness (QED) is 0.838.